The predicted octanol–water partition coefficient (Wildman–Crippen LogP) is 3.21. The SMILES string of the molecule is Cc1ccc(S(=O)(=O)O[C@@H](COCc2ccccc2)CC(F)C=O)cc1. The molecule has 2 aromatic rings. The highest BCUT2D eigenvalue weighted by molar-refractivity contribution is 7.86. The fourth-order valence-electron chi connectivity index (χ4n) is 2.26. The molecule has 7 heteroatoms. The lowest BCUT2D eigenvalue weighted by molar-refractivity contribution is -0.113. The lowest BCUT2D eigenvalue weighted by Gasteiger charge is -2.18. The molecule has 0 bridgehead atoms. The van der Waals surface area contributed by atoms with Gasteiger partial charge in [-0.1, -0.05) is 48.0 Å². The van der Waals surface area contributed by atoms with Gasteiger partial charge in [-0.05, 0) is 24.6 Å². The van der Waals surface area contributed by atoms with Crippen molar-refractivity contribution in [3.05, 3.63) is 65.7 Å². The molecule has 0 amide bonds. The maximum Gasteiger partial charge on any atom is 0.297 e. The van der Waals surface area contributed by atoms with Gasteiger partial charge in [0.25, 0.3) is 10.1 Å². The Balaban J connectivity index is 2.03. The van der Waals surface area contributed by atoms with Crippen LogP contribution in [0.2, 0.25) is 0 Å². The van der Waals surface area contributed by atoms with Crippen molar-refractivity contribution in [2.45, 2.75) is 37.1 Å². The van der Waals surface area contributed by atoms with Crippen LogP contribution < -0.4 is 0 Å². The molecule has 2 aromatic carbocycles. The van der Waals surface area contributed by atoms with Crippen LogP contribution in [0.5, 0.6) is 0 Å². The van der Waals surface area contributed by atoms with Crippen LogP contribution in [0.3, 0.4) is 0 Å². The zero-order chi connectivity index (χ0) is 19.0. The predicted molar refractivity (Wildman–Crippen MR) is 94.9 cm³/mol. The second-order valence-corrected chi connectivity index (χ2v) is 7.45. The van der Waals surface area contributed by atoms with E-state index in [9.17, 15) is 17.6 Å². The van der Waals surface area contributed by atoms with Gasteiger partial charge in [-0.25, -0.2) is 4.39 Å². The largest absolute Gasteiger partial charge is 0.374 e. The number of alkyl halides is 1. The van der Waals surface area contributed by atoms with Gasteiger partial charge in [-0.3, -0.25) is 4.18 Å². The zero-order valence-electron chi connectivity index (χ0n) is 14.4. The number of aryl methyl sites for hydroxylation is 1. The summed E-state index contributed by atoms with van der Waals surface area (Å²) in [6.07, 6.45) is -3.21. The third kappa shape index (κ3) is 6.33. The molecule has 0 aromatic heterocycles. The molecule has 0 aliphatic carbocycles. The van der Waals surface area contributed by atoms with Gasteiger partial charge in [0.05, 0.1) is 18.1 Å². The van der Waals surface area contributed by atoms with E-state index in [0.29, 0.717) is 0 Å². The molecule has 0 radical (unpaired) electrons. The van der Waals surface area contributed by atoms with Crippen LogP contribution in [0.15, 0.2) is 59.5 Å². The second kappa shape index (κ2) is 9.56. The number of rotatable bonds is 10. The first-order valence-corrected chi connectivity index (χ1v) is 9.52. The Bertz CT molecular complexity index is 790. The molecule has 0 saturated heterocycles. The van der Waals surface area contributed by atoms with E-state index < -0.39 is 28.8 Å². The highest BCUT2D eigenvalue weighted by atomic mass is 32.2. The fraction of sp³-hybridized carbons (Fsp3) is 0.316. The number of hydrogen-bond acceptors (Lipinski definition) is 5. The number of hydrogen-bond donors (Lipinski definition) is 0. The molecular weight excluding hydrogens is 359 g/mol. The summed E-state index contributed by atoms with van der Waals surface area (Å²) in [5, 5.41) is 0. The van der Waals surface area contributed by atoms with E-state index in [0.717, 1.165) is 11.1 Å². The molecule has 0 aliphatic heterocycles. The van der Waals surface area contributed by atoms with Gasteiger partial charge < -0.3 is 9.53 Å². The second-order valence-electron chi connectivity index (χ2n) is 5.87. The van der Waals surface area contributed by atoms with Gasteiger partial charge >= 0.3 is 0 Å². The number of aldehydes is 1. The third-order valence-electron chi connectivity index (χ3n) is 3.62. The topological polar surface area (TPSA) is 69.7 Å². The van der Waals surface area contributed by atoms with Crippen molar-refractivity contribution in [1.29, 1.82) is 0 Å². The molecule has 1 unspecified atom stereocenters. The zero-order valence-corrected chi connectivity index (χ0v) is 15.2. The van der Waals surface area contributed by atoms with Crippen LogP contribution in [0.1, 0.15) is 17.5 Å². The van der Waals surface area contributed by atoms with E-state index in [-0.39, 0.29) is 24.4 Å². The van der Waals surface area contributed by atoms with E-state index >= 15 is 0 Å². The first kappa shape index (κ1) is 20.2. The summed E-state index contributed by atoms with van der Waals surface area (Å²) in [6, 6.07) is 15.4. The summed E-state index contributed by atoms with van der Waals surface area (Å²) in [7, 11) is -4.09. The van der Waals surface area contributed by atoms with Crippen LogP contribution in [0.25, 0.3) is 0 Å². The highest BCUT2D eigenvalue weighted by Gasteiger charge is 2.25. The molecule has 0 heterocycles. The number of carbonyl (C=O) groups is 1. The molecule has 26 heavy (non-hydrogen) atoms. The summed E-state index contributed by atoms with van der Waals surface area (Å²) in [6.45, 7) is 1.90. The van der Waals surface area contributed by atoms with E-state index in [1.807, 2.05) is 37.3 Å². The lowest BCUT2D eigenvalue weighted by Crippen LogP contribution is -2.27. The number of carbonyl (C=O) groups excluding carboxylic acids is 1. The Morgan fingerprint density at radius 2 is 1.73 bits per heavy atom. The van der Waals surface area contributed by atoms with Crippen molar-refractivity contribution in [3.8, 4) is 0 Å². The van der Waals surface area contributed by atoms with Crippen molar-refractivity contribution in [2.75, 3.05) is 6.61 Å². The van der Waals surface area contributed by atoms with Crippen molar-refractivity contribution in [1.82, 2.24) is 0 Å². The monoisotopic (exact) mass is 380 g/mol. The lowest BCUT2D eigenvalue weighted by atomic mass is 10.2. The van der Waals surface area contributed by atoms with Crippen molar-refractivity contribution < 1.29 is 26.5 Å². The molecule has 0 saturated carbocycles. The molecule has 0 spiro atoms. The van der Waals surface area contributed by atoms with Crippen molar-refractivity contribution in [3.63, 3.8) is 0 Å². The number of ether oxygens (including phenoxy) is 1. The van der Waals surface area contributed by atoms with Crippen LogP contribution >= 0.6 is 0 Å². The highest BCUT2D eigenvalue weighted by Crippen LogP contribution is 2.18. The first-order chi connectivity index (χ1) is 12.4. The average Bonchev–Trinajstić information content (AvgIpc) is 2.62. The summed E-state index contributed by atoms with van der Waals surface area (Å²) < 4.78 is 48.8. The van der Waals surface area contributed by atoms with Crippen molar-refractivity contribution in [2.24, 2.45) is 0 Å². The molecule has 2 rings (SSSR count). The summed E-state index contributed by atoms with van der Waals surface area (Å²) in [5.41, 5.74) is 1.79. The summed E-state index contributed by atoms with van der Waals surface area (Å²) >= 11 is 0. The minimum Gasteiger partial charge on any atom is -0.374 e. The molecule has 5 nitrogen and oxygen atoms in total. The van der Waals surface area contributed by atoms with E-state index in [4.69, 9.17) is 8.92 Å². The van der Waals surface area contributed by atoms with Gasteiger partial charge in [-0.2, -0.15) is 8.42 Å². The Labute approximate surface area is 152 Å². The van der Waals surface area contributed by atoms with E-state index in [2.05, 4.69) is 0 Å². The minimum atomic E-state index is -4.09. The van der Waals surface area contributed by atoms with E-state index in [1.54, 1.807) is 12.1 Å². The van der Waals surface area contributed by atoms with Crippen molar-refractivity contribution >= 4 is 16.4 Å². The third-order valence-corrected chi connectivity index (χ3v) is 5.00. The smallest absolute Gasteiger partial charge is 0.297 e. The minimum absolute atomic E-state index is 0.0299. The Kier molecular flexibility index (Phi) is 7.44. The molecular formula is C19H21FO5S. The van der Waals surface area contributed by atoms with Crippen LogP contribution in [-0.2, 0) is 30.4 Å². The van der Waals surface area contributed by atoms with Gasteiger partial charge in [0.1, 0.15) is 6.10 Å². The molecule has 0 aliphatic rings. The Morgan fingerprint density at radius 3 is 2.35 bits per heavy atom. The summed E-state index contributed by atoms with van der Waals surface area (Å²) in [4.78, 5) is 10.6. The van der Waals surface area contributed by atoms with Crippen LogP contribution in [0.4, 0.5) is 4.39 Å². The van der Waals surface area contributed by atoms with Gasteiger partial charge in [0.2, 0.25) is 0 Å². The molecule has 0 fully saturated rings. The molecule has 0 N–H and O–H groups in total. The number of benzene rings is 2. The molecule has 2 atom stereocenters. The Hall–Kier alpha value is -2.09. The number of halogens is 1. The maximum absolute atomic E-state index is 13.5. The van der Waals surface area contributed by atoms with Gasteiger partial charge in [0.15, 0.2) is 12.5 Å². The van der Waals surface area contributed by atoms with Crippen LogP contribution in [-0.4, -0.2) is 33.6 Å². The van der Waals surface area contributed by atoms with Gasteiger partial charge in [0, 0.05) is 6.42 Å². The van der Waals surface area contributed by atoms with Crippen LogP contribution in [0, 0.1) is 6.92 Å². The summed E-state index contributed by atoms with van der Waals surface area (Å²) in [5.74, 6) is 0. The average molecular weight is 380 g/mol. The quantitative estimate of drug-likeness (QED) is 0.468. The Morgan fingerprint density at radius 1 is 1.08 bits per heavy atom. The standard InChI is InChI=1S/C19H21FO5S/c1-15-7-9-19(10-8-15)26(22,23)25-18(11-17(20)12-21)14-24-13-16-5-3-2-4-6-16/h2-10,12,17-18H,11,13-14H2,1H3/t17?,18-/m1/s1. The maximum atomic E-state index is 13.5. The van der Waals surface area contributed by atoms with E-state index in [1.165, 1.54) is 12.1 Å². The van der Waals surface area contributed by atoms with Gasteiger partial charge in [-0.15, -0.1) is 0 Å². The first-order valence-electron chi connectivity index (χ1n) is 8.11. The normalized spacial score (nSPS) is 13.9. The molecule has 140 valence electrons. The fourth-order valence-corrected chi connectivity index (χ4v) is 3.34.